The van der Waals surface area contributed by atoms with Crippen molar-refractivity contribution in [3.63, 3.8) is 0 Å². The van der Waals surface area contributed by atoms with E-state index in [1.165, 1.54) is 7.05 Å². The average molecular weight is 193 g/mol. The number of hydrogen-bond donors (Lipinski definition) is 1. The molecule has 1 aromatic rings. The Kier molecular flexibility index (Phi) is 2.87. The minimum Gasteiger partial charge on any atom is -0.316 e. The fourth-order valence-corrected chi connectivity index (χ4v) is 0.941. The molecule has 0 atom stereocenters. The number of benzene rings is 1. The molecule has 0 aliphatic heterocycles. The van der Waals surface area contributed by atoms with Crippen LogP contribution in [0.3, 0.4) is 0 Å². The van der Waals surface area contributed by atoms with E-state index in [4.69, 9.17) is 0 Å². The van der Waals surface area contributed by atoms with E-state index < -0.39 is 23.3 Å². The van der Waals surface area contributed by atoms with E-state index in [9.17, 15) is 17.6 Å². The standard InChI is InChI=1S/C8H7F4N/c1-13-3-4-2-5(9)7(11)8(12)6(4)10/h2,13H,3H2,1H3. The van der Waals surface area contributed by atoms with Crippen LogP contribution in [-0.2, 0) is 6.54 Å². The first kappa shape index (κ1) is 9.98. The van der Waals surface area contributed by atoms with Gasteiger partial charge in [-0.3, -0.25) is 0 Å². The van der Waals surface area contributed by atoms with Gasteiger partial charge in [0.25, 0.3) is 0 Å². The van der Waals surface area contributed by atoms with Crippen molar-refractivity contribution in [1.29, 1.82) is 0 Å². The molecule has 0 unspecified atom stereocenters. The third-order valence-electron chi connectivity index (χ3n) is 1.55. The van der Waals surface area contributed by atoms with Gasteiger partial charge in [0.2, 0.25) is 0 Å². The minimum atomic E-state index is -1.78. The van der Waals surface area contributed by atoms with E-state index in [1.807, 2.05) is 0 Å². The van der Waals surface area contributed by atoms with Gasteiger partial charge in [-0.05, 0) is 13.1 Å². The van der Waals surface area contributed by atoms with E-state index >= 15 is 0 Å². The Bertz CT molecular complexity index is 324. The van der Waals surface area contributed by atoms with Gasteiger partial charge in [0.1, 0.15) is 0 Å². The second-order valence-corrected chi connectivity index (χ2v) is 2.49. The molecule has 13 heavy (non-hydrogen) atoms. The Labute approximate surface area is 72.4 Å². The van der Waals surface area contributed by atoms with Crippen LogP contribution < -0.4 is 5.32 Å². The van der Waals surface area contributed by atoms with Crippen molar-refractivity contribution in [3.05, 3.63) is 34.9 Å². The summed E-state index contributed by atoms with van der Waals surface area (Å²) in [5.41, 5.74) is -0.237. The monoisotopic (exact) mass is 193 g/mol. The molecular weight excluding hydrogens is 186 g/mol. The highest BCUT2D eigenvalue weighted by atomic mass is 19.2. The highest BCUT2D eigenvalue weighted by Crippen LogP contribution is 2.18. The molecule has 1 nitrogen and oxygen atoms in total. The maximum absolute atomic E-state index is 12.8. The fourth-order valence-electron chi connectivity index (χ4n) is 0.941. The molecule has 1 N–H and O–H groups in total. The molecule has 0 aromatic heterocycles. The Hall–Kier alpha value is -1.10. The third-order valence-corrected chi connectivity index (χ3v) is 1.55. The highest BCUT2D eigenvalue weighted by molar-refractivity contribution is 5.21. The van der Waals surface area contributed by atoms with Gasteiger partial charge in [-0.25, -0.2) is 17.6 Å². The zero-order valence-electron chi connectivity index (χ0n) is 6.80. The van der Waals surface area contributed by atoms with Crippen LogP contribution in [-0.4, -0.2) is 7.05 Å². The van der Waals surface area contributed by atoms with Gasteiger partial charge in [0.05, 0.1) is 0 Å². The molecule has 72 valence electrons. The van der Waals surface area contributed by atoms with Gasteiger partial charge in [-0.1, -0.05) is 0 Å². The average Bonchev–Trinajstić information content (AvgIpc) is 2.11. The van der Waals surface area contributed by atoms with Gasteiger partial charge in [0, 0.05) is 12.1 Å². The first-order valence-electron chi connectivity index (χ1n) is 3.54. The molecule has 0 bridgehead atoms. The van der Waals surface area contributed by atoms with Gasteiger partial charge >= 0.3 is 0 Å². The largest absolute Gasteiger partial charge is 0.316 e. The van der Waals surface area contributed by atoms with Crippen molar-refractivity contribution in [2.75, 3.05) is 7.05 Å². The normalized spacial score (nSPS) is 10.5. The summed E-state index contributed by atoms with van der Waals surface area (Å²) < 4.78 is 50.3. The lowest BCUT2D eigenvalue weighted by Gasteiger charge is -2.04. The SMILES string of the molecule is CNCc1cc(F)c(F)c(F)c1F. The van der Waals surface area contributed by atoms with Crippen molar-refractivity contribution in [1.82, 2.24) is 5.32 Å². The van der Waals surface area contributed by atoms with Crippen LogP contribution in [0.2, 0.25) is 0 Å². The molecule has 0 fully saturated rings. The first-order valence-corrected chi connectivity index (χ1v) is 3.54. The van der Waals surface area contributed by atoms with Crippen LogP contribution in [0.1, 0.15) is 5.56 Å². The molecule has 0 aliphatic rings. The lowest BCUT2D eigenvalue weighted by molar-refractivity contribution is 0.402. The summed E-state index contributed by atoms with van der Waals surface area (Å²) in [6.45, 7) is -0.0556. The lowest BCUT2D eigenvalue weighted by atomic mass is 10.2. The van der Waals surface area contributed by atoms with Crippen LogP contribution in [0.15, 0.2) is 6.07 Å². The van der Waals surface area contributed by atoms with E-state index in [-0.39, 0.29) is 12.1 Å². The van der Waals surface area contributed by atoms with Crippen LogP contribution in [0.4, 0.5) is 17.6 Å². The molecule has 0 heterocycles. The van der Waals surface area contributed by atoms with Crippen LogP contribution >= 0.6 is 0 Å². The quantitative estimate of drug-likeness (QED) is 0.430. The topological polar surface area (TPSA) is 12.0 Å². The second-order valence-electron chi connectivity index (χ2n) is 2.49. The molecule has 0 aliphatic carbocycles. The van der Waals surface area contributed by atoms with E-state index in [0.29, 0.717) is 6.07 Å². The molecule has 1 rings (SSSR count). The summed E-state index contributed by atoms with van der Waals surface area (Å²) in [5, 5.41) is 2.50. The molecular formula is C8H7F4N. The van der Waals surface area contributed by atoms with Gasteiger partial charge < -0.3 is 5.32 Å². The van der Waals surface area contributed by atoms with E-state index in [0.717, 1.165) is 0 Å². The highest BCUT2D eigenvalue weighted by Gasteiger charge is 2.17. The fraction of sp³-hybridized carbons (Fsp3) is 0.250. The van der Waals surface area contributed by atoms with Gasteiger partial charge in [-0.15, -0.1) is 0 Å². The van der Waals surface area contributed by atoms with Crippen molar-refractivity contribution in [2.24, 2.45) is 0 Å². The molecule has 1 aromatic carbocycles. The molecule has 5 heteroatoms. The Morgan fingerprint density at radius 1 is 1.08 bits per heavy atom. The zero-order valence-corrected chi connectivity index (χ0v) is 6.80. The molecule has 0 spiro atoms. The predicted octanol–water partition coefficient (Wildman–Crippen LogP) is 1.96. The van der Waals surface area contributed by atoms with Gasteiger partial charge in [-0.2, -0.15) is 0 Å². The summed E-state index contributed by atoms with van der Waals surface area (Å²) in [4.78, 5) is 0. The second kappa shape index (κ2) is 3.74. The Balaban J connectivity index is 3.24. The number of halogens is 4. The van der Waals surface area contributed by atoms with E-state index in [2.05, 4.69) is 5.32 Å². The summed E-state index contributed by atoms with van der Waals surface area (Å²) in [5.74, 6) is -6.29. The van der Waals surface area contributed by atoms with Crippen LogP contribution in [0, 0.1) is 23.3 Å². The summed E-state index contributed by atoms with van der Waals surface area (Å²) in [7, 11) is 1.48. The van der Waals surface area contributed by atoms with Crippen molar-refractivity contribution in [2.45, 2.75) is 6.54 Å². The Morgan fingerprint density at radius 3 is 2.23 bits per heavy atom. The minimum absolute atomic E-state index is 0.0556. The summed E-state index contributed by atoms with van der Waals surface area (Å²) in [6.07, 6.45) is 0. The number of nitrogens with one attached hydrogen (secondary N) is 1. The lowest BCUT2D eigenvalue weighted by Crippen LogP contribution is -2.10. The van der Waals surface area contributed by atoms with Gasteiger partial charge in [0.15, 0.2) is 23.3 Å². The maximum atomic E-state index is 12.8. The van der Waals surface area contributed by atoms with Crippen molar-refractivity contribution < 1.29 is 17.6 Å². The molecule has 0 amide bonds. The van der Waals surface area contributed by atoms with E-state index in [1.54, 1.807) is 0 Å². The first-order chi connectivity index (χ1) is 6.07. The van der Waals surface area contributed by atoms with Crippen molar-refractivity contribution in [3.8, 4) is 0 Å². The maximum Gasteiger partial charge on any atom is 0.197 e. The summed E-state index contributed by atoms with van der Waals surface area (Å²) >= 11 is 0. The molecule has 0 saturated carbocycles. The zero-order chi connectivity index (χ0) is 10.0. The van der Waals surface area contributed by atoms with Crippen LogP contribution in [0.5, 0.6) is 0 Å². The Morgan fingerprint density at radius 2 is 1.69 bits per heavy atom. The molecule has 0 radical (unpaired) electrons. The smallest absolute Gasteiger partial charge is 0.197 e. The predicted molar refractivity (Wildman–Crippen MR) is 39.0 cm³/mol. The third kappa shape index (κ3) is 1.80. The summed E-state index contributed by atoms with van der Waals surface area (Å²) in [6, 6.07) is 0.629. The van der Waals surface area contributed by atoms with Crippen molar-refractivity contribution >= 4 is 0 Å². The van der Waals surface area contributed by atoms with Crippen LogP contribution in [0.25, 0.3) is 0 Å². The number of rotatable bonds is 2. The number of hydrogen-bond acceptors (Lipinski definition) is 1. The molecule has 0 saturated heterocycles.